The Bertz CT molecular complexity index is 2060. The second-order valence-electron chi connectivity index (χ2n) is 11.4. The van der Waals surface area contributed by atoms with E-state index in [-0.39, 0.29) is 42.7 Å². The summed E-state index contributed by atoms with van der Waals surface area (Å²) in [6, 6.07) is 24.1. The number of aliphatic hydroxyl groups is 1. The van der Waals surface area contributed by atoms with Crippen LogP contribution in [0.25, 0.3) is 16.5 Å². The molecule has 4 aromatic carbocycles. The van der Waals surface area contributed by atoms with Gasteiger partial charge in [-0.25, -0.2) is 13.2 Å². The second kappa shape index (κ2) is 13.4. The predicted octanol–water partition coefficient (Wildman–Crippen LogP) is 5.87. The van der Waals surface area contributed by atoms with Crippen LogP contribution in [0.4, 0.5) is 18.9 Å². The normalized spacial score (nSPS) is 13.6. The Morgan fingerprint density at radius 1 is 0.787 bits per heavy atom. The van der Waals surface area contributed by atoms with Gasteiger partial charge in [-0.2, -0.15) is 0 Å². The minimum absolute atomic E-state index is 0.0413. The number of hydrogen-bond acceptors (Lipinski definition) is 5. The number of piperazine rings is 1. The first kappa shape index (κ1) is 31.3. The summed E-state index contributed by atoms with van der Waals surface area (Å²) in [4.78, 5) is 43.2. The number of rotatable bonds is 8. The third-order valence-corrected chi connectivity index (χ3v) is 8.20. The predicted molar refractivity (Wildman–Crippen MR) is 174 cm³/mol. The highest BCUT2D eigenvalue weighted by Gasteiger charge is 2.26. The first-order valence-electron chi connectivity index (χ1n) is 15.0. The molecule has 0 aliphatic carbocycles. The SMILES string of the molecule is O=C(/C=C(\O)c1cc(Cc2cc(F)cc(F)c2)cn(Cc2ccccc2F)c1=O)C(=O)N1CCN(c2cccc3ccccc23)CC1. The third kappa shape index (κ3) is 6.96. The fraction of sp³-hybridized carbons (Fsp3) is 0.162. The number of nitrogens with zero attached hydrogens (tertiary/aromatic N) is 3. The number of fused-ring (bicyclic) bond motifs is 1. The first-order valence-corrected chi connectivity index (χ1v) is 15.0. The lowest BCUT2D eigenvalue weighted by Gasteiger charge is -2.36. The number of carbonyl (C=O) groups excluding carboxylic acids is 2. The Labute approximate surface area is 268 Å². The Morgan fingerprint density at radius 3 is 2.21 bits per heavy atom. The van der Waals surface area contributed by atoms with Crippen molar-refractivity contribution >= 4 is 33.9 Å². The van der Waals surface area contributed by atoms with Crippen LogP contribution in [-0.4, -0.2) is 52.4 Å². The summed E-state index contributed by atoms with van der Waals surface area (Å²) in [5.41, 5.74) is 0.752. The minimum Gasteiger partial charge on any atom is -0.507 e. The maximum atomic E-state index is 14.5. The number of pyridine rings is 1. The zero-order chi connectivity index (χ0) is 33.1. The van der Waals surface area contributed by atoms with Crippen molar-refractivity contribution in [2.24, 2.45) is 0 Å². The molecule has 0 bridgehead atoms. The van der Waals surface area contributed by atoms with Gasteiger partial charge in [0, 0.05) is 61.2 Å². The summed E-state index contributed by atoms with van der Waals surface area (Å²) in [6.45, 7) is 1.32. The molecule has 1 aliphatic rings. The summed E-state index contributed by atoms with van der Waals surface area (Å²) >= 11 is 0. The van der Waals surface area contributed by atoms with E-state index in [4.69, 9.17) is 0 Å². The number of aliphatic hydroxyl groups excluding tert-OH is 1. The highest BCUT2D eigenvalue weighted by Crippen LogP contribution is 2.27. The van der Waals surface area contributed by atoms with Gasteiger partial charge in [0.25, 0.3) is 11.5 Å². The van der Waals surface area contributed by atoms with Crippen molar-refractivity contribution in [3.8, 4) is 0 Å². The number of aromatic nitrogens is 1. The van der Waals surface area contributed by atoms with Gasteiger partial charge < -0.3 is 19.5 Å². The van der Waals surface area contributed by atoms with E-state index in [0.717, 1.165) is 39.2 Å². The molecule has 5 aromatic rings. The van der Waals surface area contributed by atoms with Crippen molar-refractivity contribution in [1.82, 2.24) is 9.47 Å². The summed E-state index contributed by atoms with van der Waals surface area (Å²) in [6.07, 6.45) is 2.06. The number of ketones is 1. The molecule has 0 unspecified atom stereocenters. The second-order valence-corrected chi connectivity index (χ2v) is 11.4. The molecule has 1 fully saturated rings. The Balaban J connectivity index is 1.23. The monoisotopic (exact) mass is 637 g/mol. The molecule has 0 spiro atoms. The van der Waals surface area contributed by atoms with Gasteiger partial charge in [-0.15, -0.1) is 0 Å². The minimum atomic E-state index is -1.02. The van der Waals surface area contributed by atoms with Crippen molar-refractivity contribution in [3.05, 3.63) is 153 Å². The molecule has 7 nitrogen and oxygen atoms in total. The molecule has 1 aliphatic heterocycles. The summed E-state index contributed by atoms with van der Waals surface area (Å²) in [5.74, 6) is -4.72. The first-order chi connectivity index (χ1) is 22.7. The molecule has 1 saturated heterocycles. The van der Waals surface area contributed by atoms with Crippen molar-refractivity contribution in [1.29, 1.82) is 0 Å². The van der Waals surface area contributed by atoms with Gasteiger partial charge in [0.05, 0.1) is 12.1 Å². The standard InChI is InChI=1S/C37H30F3N3O4/c38-28-17-24(18-29(39)20-28)16-25-19-31(36(46)43(22-25)23-27-7-2-4-10-32(27)40)34(44)21-35(45)37(47)42-14-12-41(13-15-42)33-11-5-8-26-6-1-3-9-30(26)33/h1-11,17-22,44H,12-16,23H2/b34-21-. The van der Waals surface area contributed by atoms with Gasteiger partial charge in [-0.05, 0) is 53.3 Å². The highest BCUT2D eigenvalue weighted by molar-refractivity contribution is 6.41. The number of benzene rings is 4. The quantitative estimate of drug-likeness (QED) is 0.131. The van der Waals surface area contributed by atoms with E-state index in [1.807, 2.05) is 42.5 Å². The van der Waals surface area contributed by atoms with E-state index < -0.39 is 40.5 Å². The lowest BCUT2D eigenvalue weighted by molar-refractivity contribution is -0.142. The molecular weight excluding hydrogens is 607 g/mol. The molecule has 0 radical (unpaired) electrons. The van der Waals surface area contributed by atoms with Crippen LogP contribution in [0.5, 0.6) is 0 Å². The Hall–Kier alpha value is -5.64. The van der Waals surface area contributed by atoms with Gasteiger partial charge in [0.2, 0.25) is 5.78 Å². The number of halogens is 3. The van der Waals surface area contributed by atoms with Crippen molar-refractivity contribution < 1.29 is 27.9 Å². The van der Waals surface area contributed by atoms with Crippen LogP contribution >= 0.6 is 0 Å². The summed E-state index contributed by atoms with van der Waals surface area (Å²) in [7, 11) is 0. The van der Waals surface area contributed by atoms with Gasteiger partial charge in [-0.3, -0.25) is 14.4 Å². The average molecular weight is 638 g/mol. The zero-order valence-corrected chi connectivity index (χ0v) is 25.2. The van der Waals surface area contributed by atoms with Gasteiger partial charge in [0.15, 0.2) is 0 Å². The van der Waals surface area contributed by atoms with Crippen LogP contribution in [0.1, 0.15) is 22.3 Å². The van der Waals surface area contributed by atoms with Crippen LogP contribution in [0, 0.1) is 17.5 Å². The fourth-order valence-electron chi connectivity index (χ4n) is 5.91. The molecule has 238 valence electrons. The Morgan fingerprint density at radius 2 is 1.47 bits per heavy atom. The molecule has 0 saturated carbocycles. The van der Waals surface area contributed by atoms with Gasteiger partial charge in [-0.1, -0.05) is 54.6 Å². The topological polar surface area (TPSA) is 82.8 Å². The molecule has 1 aromatic heterocycles. The van der Waals surface area contributed by atoms with Crippen LogP contribution in [0.3, 0.4) is 0 Å². The summed E-state index contributed by atoms with van der Waals surface area (Å²) in [5, 5.41) is 13.2. The van der Waals surface area contributed by atoms with Crippen molar-refractivity contribution in [2.75, 3.05) is 31.1 Å². The molecule has 10 heteroatoms. The highest BCUT2D eigenvalue weighted by atomic mass is 19.1. The lowest BCUT2D eigenvalue weighted by Crippen LogP contribution is -2.50. The third-order valence-electron chi connectivity index (χ3n) is 8.20. The van der Waals surface area contributed by atoms with Gasteiger partial charge >= 0.3 is 0 Å². The van der Waals surface area contributed by atoms with E-state index >= 15 is 0 Å². The molecule has 6 rings (SSSR count). The molecule has 2 heterocycles. The van der Waals surface area contributed by atoms with Crippen LogP contribution in [-0.2, 0) is 22.6 Å². The molecule has 0 atom stereocenters. The molecule has 1 amide bonds. The Kier molecular flexibility index (Phi) is 8.92. The maximum absolute atomic E-state index is 14.5. The molecule has 47 heavy (non-hydrogen) atoms. The smallest absolute Gasteiger partial charge is 0.294 e. The zero-order valence-electron chi connectivity index (χ0n) is 25.2. The van der Waals surface area contributed by atoms with Crippen molar-refractivity contribution in [3.63, 3.8) is 0 Å². The summed E-state index contributed by atoms with van der Waals surface area (Å²) < 4.78 is 43.4. The van der Waals surface area contributed by atoms with E-state index in [1.54, 1.807) is 6.07 Å². The lowest BCUT2D eigenvalue weighted by atomic mass is 10.0. The number of amides is 1. The van der Waals surface area contributed by atoms with Crippen LogP contribution < -0.4 is 10.5 Å². The van der Waals surface area contributed by atoms with E-state index in [9.17, 15) is 32.7 Å². The maximum Gasteiger partial charge on any atom is 0.294 e. The number of anilines is 1. The fourth-order valence-corrected chi connectivity index (χ4v) is 5.91. The van der Waals surface area contributed by atoms with Crippen molar-refractivity contribution in [2.45, 2.75) is 13.0 Å². The molecule has 1 N–H and O–H groups in total. The van der Waals surface area contributed by atoms with Crippen LogP contribution in [0.15, 0.2) is 108 Å². The van der Waals surface area contributed by atoms with Gasteiger partial charge in [0.1, 0.15) is 23.2 Å². The number of hydrogen-bond donors (Lipinski definition) is 1. The van der Waals surface area contributed by atoms with Crippen LogP contribution in [0.2, 0.25) is 0 Å². The number of carbonyl (C=O) groups is 2. The van der Waals surface area contributed by atoms with E-state index in [0.29, 0.717) is 24.7 Å². The van der Waals surface area contributed by atoms with E-state index in [1.165, 1.54) is 35.4 Å². The average Bonchev–Trinajstić information content (AvgIpc) is 3.06. The molecular formula is C37H30F3N3O4. The van der Waals surface area contributed by atoms with E-state index in [2.05, 4.69) is 4.90 Å². The largest absolute Gasteiger partial charge is 0.507 e.